The average Bonchev–Trinajstić information content (AvgIpc) is 3.24. The van der Waals surface area contributed by atoms with E-state index in [1.165, 1.54) is 12.8 Å². The van der Waals surface area contributed by atoms with Gasteiger partial charge in [-0.05, 0) is 37.8 Å². The molecule has 0 unspecified atom stereocenters. The molecule has 1 heterocycles. The second-order valence-electron chi connectivity index (χ2n) is 4.99. The van der Waals surface area contributed by atoms with Crippen molar-refractivity contribution in [3.63, 3.8) is 0 Å². The average molecular weight is 234 g/mol. The second-order valence-corrected chi connectivity index (χ2v) is 4.99. The molecule has 1 aromatic heterocycles. The Morgan fingerprint density at radius 3 is 2.76 bits per heavy atom. The van der Waals surface area contributed by atoms with Gasteiger partial charge in [0.25, 0.3) is 5.91 Å². The highest BCUT2D eigenvalue weighted by molar-refractivity contribution is 5.93. The van der Waals surface area contributed by atoms with Crippen LogP contribution in [0.15, 0.2) is 18.3 Å². The normalized spacial score (nSPS) is 19.4. The van der Waals surface area contributed by atoms with Gasteiger partial charge in [-0.3, -0.25) is 4.79 Å². The molecule has 1 N–H and O–H groups in total. The summed E-state index contributed by atoms with van der Waals surface area (Å²) < 4.78 is 2.09. The highest BCUT2D eigenvalue weighted by Crippen LogP contribution is 2.37. The van der Waals surface area contributed by atoms with Gasteiger partial charge in [-0.2, -0.15) is 0 Å². The van der Waals surface area contributed by atoms with E-state index in [0.717, 1.165) is 18.5 Å². The molecule has 0 bridgehead atoms. The largest absolute Gasteiger partial charge is 0.395 e. The second kappa shape index (κ2) is 4.18. The van der Waals surface area contributed by atoms with Crippen LogP contribution in [0.1, 0.15) is 42.2 Å². The van der Waals surface area contributed by atoms with E-state index in [4.69, 9.17) is 5.11 Å². The third-order valence-corrected chi connectivity index (χ3v) is 3.53. The van der Waals surface area contributed by atoms with Crippen LogP contribution < -0.4 is 0 Å². The Bertz CT molecular complexity index is 419. The minimum absolute atomic E-state index is 0.0480. The summed E-state index contributed by atoms with van der Waals surface area (Å²) in [5.74, 6) is 0.0819. The van der Waals surface area contributed by atoms with Crippen LogP contribution in [0.5, 0.6) is 0 Å². The number of aliphatic hydroxyl groups is 1. The first-order valence-corrected chi connectivity index (χ1v) is 6.40. The third-order valence-electron chi connectivity index (χ3n) is 3.53. The van der Waals surface area contributed by atoms with Crippen molar-refractivity contribution in [1.29, 1.82) is 0 Å². The zero-order valence-electron chi connectivity index (χ0n) is 9.88. The molecule has 3 rings (SSSR count). The molecule has 1 amide bonds. The molecule has 4 nitrogen and oxygen atoms in total. The lowest BCUT2D eigenvalue weighted by Gasteiger charge is -2.22. The fraction of sp³-hybridized carbons (Fsp3) is 0.615. The lowest BCUT2D eigenvalue weighted by molar-refractivity contribution is 0.0696. The van der Waals surface area contributed by atoms with Crippen LogP contribution in [0.4, 0.5) is 0 Å². The first-order chi connectivity index (χ1) is 8.31. The molecule has 17 heavy (non-hydrogen) atoms. The van der Waals surface area contributed by atoms with Gasteiger partial charge in [-0.25, -0.2) is 0 Å². The maximum absolute atomic E-state index is 12.4. The lowest BCUT2D eigenvalue weighted by Crippen LogP contribution is -2.36. The van der Waals surface area contributed by atoms with Crippen LogP contribution in [0.25, 0.3) is 0 Å². The smallest absolute Gasteiger partial charge is 0.270 e. The summed E-state index contributed by atoms with van der Waals surface area (Å²) in [4.78, 5) is 14.3. The van der Waals surface area contributed by atoms with E-state index in [9.17, 15) is 4.79 Å². The lowest BCUT2D eigenvalue weighted by atomic mass is 10.3. The van der Waals surface area contributed by atoms with Crippen LogP contribution in [-0.2, 0) is 0 Å². The van der Waals surface area contributed by atoms with E-state index in [2.05, 4.69) is 4.57 Å². The summed E-state index contributed by atoms with van der Waals surface area (Å²) in [5.41, 5.74) is 0.785. The van der Waals surface area contributed by atoms with Crippen LogP contribution in [0, 0.1) is 0 Å². The van der Waals surface area contributed by atoms with Crippen molar-refractivity contribution in [1.82, 2.24) is 9.47 Å². The van der Waals surface area contributed by atoms with E-state index in [1.54, 1.807) is 0 Å². The molecule has 1 aromatic rings. The molecule has 0 aromatic carbocycles. The van der Waals surface area contributed by atoms with Gasteiger partial charge < -0.3 is 14.6 Å². The fourth-order valence-electron chi connectivity index (χ4n) is 2.34. The fourth-order valence-corrected chi connectivity index (χ4v) is 2.34. The number of hydrogen-bond acceptors (Lipinski definition) is 2. The minimum Gasteiger partial charge on any atom is -0.395 e. The van der Waals surface area contributed by atoms with Gasteiger partial charge in [-0.15, -0.1) is 0 Å². The summed E-state index contributed by atoms with van der Waals surface area (Å²) in [6, 6.07) is 4.72. The van der Waals surface area contributed by atoms with Crippen LogP contribution in [0.3, 0.4) is 0 Å². The number of aliphatic hydroxyl groups excluding tert-OH is 1. The zero-order chi connectivity index (χ0) is 11.8. The highest BCUT2D eigenvalue weighted by atomic mass is 16.3. The molecule has 2 fully saturated rings. The first-order valence-electron chi connectivity index (χ1n) is 6.40. The quantitative estimate of drug-likeness (QED) is 0.837. The summed E-state index contributed by atoms with van der Waals surface area (Å²) in [7, 11) is 0. The van der Waals surface area contributed by atoms with Crippen molar-refractivity contribution >= 4 is 5.91 Å². The Morgan fingerprint density at radius 1 is 1.41 bits per heavy atom. The van der Waals surface area contributed by atoms with Crippen LogP contribution in [-0.4, -0.2) is 39.7 Å². The van der Waals surface area contributed by atoms with Gasteiger partial charge in [0.1, 0.15) is 5.69 Å². The Kier molecular flexibility index (Phi) is 2.67. The maximum atomic E-state index is 12.4. The van der Waals surface area contributed by atoms with Crippen LogP contribution in [0.2, 0.25) is 0 Å². The Balaban J connectivity index is 1.80. The third kappa shape index (κ3) is 2.09. The van der Waals surface area contributed by atoms with E-state index >= 15 is 0 Å². The molecule has 0 spiro atoms. The predicted octanol–water partition coefficient (Wildman–Crippen LogP) is 1.42. The SMILES string of the molecule is O=C(c1cccn1C1CC1)N(CCO)C1CC1. The number of nitrogens with zero attached hydrogens (tertiary/aromatic N) is 2. The Morgan fingerprint density at radius 2 is 2.18 bits per heavy atom. The van der Waals surface area contributed by atoms with Gasteiger partial charge in [-0.1, -0.05) is 0 Å². The van der Waals surface area contributed by atoms with Crippen molar-refractivity contribution in [2.45, 2.75) is 37.8 Å². The van der Waals surface area contributed by atoms with Gasteiger partial charge in [0, 0.05) is 24.8 Å². The molecular weight excluding hydrogens is 216 g/mol. The summed E-state index contributed by atoms with van der Waals surface area (Å²) in [6.07, 6.45) is 6.51. The molecule has 2 aliphatic carbocycles. The topological polar surface area (TPSA) is 45.5 Å². The van der Waals surface area contributed by atoms with Crippen molar-refractivity contribution < 1.29 is 9.90 Å². The summed E-state index contributed by atoms with van der Waals surface area (Å²) in [5, 5.41) is 9.05. The number of carbonyl (C=O) groups excluding carboxylic acids is 1. The van der Waals surface area contributed by atoms with E-state index in [-0.39, 0.29) is 12.5 Å². The van der Waals surface area contributed by atoms with Crippen molar-refractivity contribution in [2.75, 3.05) is 13.2 Å². The van der Waals surface area contributed by atoms with Crippen molar-refractivity contribution in [3.05, 3.63) is 24.0 Å². The molecule has 2 aliphatic rings. The Labute approximate surface area is 101 Å². The summed E-state index contributed by atoms with van der Waals surface area (Å²) >= 11 is 0. The molecule has 0 aliphatic heterocycles. The Hall–Kier alpha value is -1.29. The molecule has 4 heteroatoms. The predicted molar refractivity (Wildman–Crippen MR) is 63.8 cm³/mol. The van der Waals surface area contributed by atoms with E-state index in [1.807, 2.05) is 23.2 Å². The monoisotopic (exact) mass is 234 g/mol. The number of amides is 1. The van der Waals surface area contributed by atoms with E-state index in [0.29, 0.717) is 18.6 Å². The number of hydrogen-bond donors (Lipinski definition) is 1. The van der Waals surface area contributed by atoms with Gasteiger partial charge >= 0.3 is 0 Å². The summed E-state index contributed by atoms with van der Waals surface area (Å²) in [6.45, 7) is 0.506. The molecule has 2 saturated carbocycles. The van der Waals surface area contributed by atoms with E-state index < -0.39 is 0 Å². The van der Waals surface area contributed by atoms with Gasteiger partial charge in [0.05, 0.1) is 6.61 Å². The van der Waals surface area contributed by atoms with Crippen molar-refractivity contribution in [2.24, 2.45) is 0 Å². The first kappa shape index (κ1) is 10.8. The maximum Gasteiger partial charge on any atom is 0.270 e. The number of rotatable bonds is 5. The zero-order valence-corrected chi connectivity index (χ0v) is 9.88. The number of carbonyl (C=O) groups is 1. The molecular formula is C13H18N2O2. The van der Waals surface area contributed by atoms with Gasteiger partial charge in [0.15, 0.2) is 0 Å². The minimum atomic E-state index is 0.0480. The van der Waals surface area contributed by atoms with Crippen molar-refractivity contribution in [3.8, 4) is 0 Å². The molecule has 0 radical (unpaired) electrons. The molecule has 92 valence electrons. The number of aromatic nitrogens is 1. The molecule has 0 atom stereocenters. The van der Waals surface area contributed by atoms with Crippen LogP contribution >= 0.6 is 0 Å². The van der Waals surface area contributed by atoms with Gasteiger partial charge in [0.2, 0.25) is 0 Å². The standard InChI is InChI=1S/C13H18N2O2/c16-9-8-15(11-5-6-11)13(17)12-2-1-7-14(12)10-3-4-10/h1-2,7,10-11,16H,3-6,8-9H2. The molecule has 0 saturated heterocycles. The highest BCUT2D eigenvalue weighted by Gasteiger charge is 2.35.